The Labute approximate surface area is 317 Å². The number of pyridine rings is 1. The summed E-state index contributed by atoms with van der Waals surface area (Å²) < 4.78 is 1.19. The SMILES string of the molecule is CCC(C)(CC)C(=O)/C=C(\O)C(C)(CC)CC.[C-]#[N+]c1ccc(-c2sc3c(-c4[c-]c5ccccc5c(C(C)C)c4)nccc3c2C)c(C)c1.[Ir]. The van der Waals surface area contributed by atoms with Crippen molar-refractivity contribution < 1.29 is 30.0 Å². The smallest absolute Gasteiger partial charge is 0.187 e. The first kappa shape index (κ1) is 40.8. The van der Waals surface area contributed by atoms with E-state index < -0.39 is 0 Å². The van der Waals surface area contributed by atoms with Gasteiger partial charge < -0.3 is 5.11 Å². The average molecular weight is 864 g/mol. The summed E-state index contributed by atoms with van der Waals surface area (Å²) in [7, 11) is 0. The maximum atomic E-state index is 12.2. The van der Waals surface area contributed by atoms with E-state index in [9.17, 15) is 9.90 Å². The summed E-state index contributed by atoms with van der Waals surface area (Å²) in [4.78, 5) is 21.8. The molecule has 0 bridgehead atoms. The average Bonchev–Trinajstić information content (AvgIpc) is 3.45. The second-order valence-corrected chi connectivity index (χ2v) is 15.0. The van der Waals surface area contributed by atoms with Crippen LogP contribution >= 0.6 is 11.3 Å². The molecule has 0 fully saturated rings. The number of ketones is 1. The number of rotatable bonds is 10. The summed E-state index contributed by atoms with van der Waals surface area (Å²) in [6.07, 6.45) is 6.67. The molecule has 4 nitrogen and oxygen atoms in total. The molecule has 0 aliphatic carbocycles. The van der Waals surface area contributed by atoms with Gasteiger partial charge >= 0.3 is 0 Å². The number of allylic oxidation sites excluding steroid dienone is 2. The summed E-state index contributed by atoms with van der Waals surface area (Å²) in [6.45, 7) is 28.1. The predicted octanol–water partition coefficient (Wildman–Crippen LogP) is 13.5. The van der Waals surface area contributed by atoms with Gasteiger partial charge in [0.25, 0.3) is 0 Å². The number of aliphatic hydroxyl groups excluding tert-OH is 1. The Hall–Kier alpha value is -3.62. The van der Waals surface area contributed by atoms with E-state index in [0.717, 1.165) is 47.9 Å². The van der Waals surface area contributed by atoms with Gasteiger partial charge in [-0.15, -0.1) is 40.5 Å². The van der Waals surface area contributed by atoms with E-state index in [1.54, 1.807) is 11.3 Å². The monoisotopic (exact) mass is 864 g/mol. The zero-order valence-corrected chi connectivity index (χ0v) is 34.5. The molecule has 0 aliphatic rings. The first-order valence-electron chi connectivity index (χ1n) is 17.5. The molecule has 0 aliphatic heterocycles. The Bertz CT molecular complexity index is 2040. The van der Waals surface area contributed by atoms with Crippen molar-refractivity contribution in [3.8, 4) is 21.7 Å². The zero-order valence-electron chi connectivity index (χ0n) is 31.2. The second-order valence-electron chi connectivity index (χ2n) is 14.0. The molecule has 1 radical (unpaired) electrons. The maximum Gasteiger partial charge on any atom is 0.187 e. The van der Waals surface area contributed by atoms with E-state index in [4.69, 9.17) is 11.6 Å². The fraction of sp³-hybridized carbons (Fsp3) is 0.386. The number of thiophene rings is 1. The van der Waals surface area contributed by atoms with Crippen LogP contribution in [-0.4, -0.2) is 15.9 Å². The van der Waals surface area contributed by atoms with Gasteiger partial charge in [-0.2, -0.15) is 0 Å². The number of carbonyl (C=O) groups excluding carboxylic acids is 1. The molecule has 0 atom stereocenters. The van der Waals surface area contributed by atoms with Crippen LogP contribution in [0.15, 0.2) is 72.6 Å². The summed E-state index contributed by atoms with van der Waals surface area (Å²) in [6, 6.07) is 22.5. The van der Waals surface area contributed by atoms with E-state index in [1.807, 2.05) is 59.9 Å². The number of aliphatic hydroxyl groups is 1. The molecule has 0 saturated heterocycles. The van der Waals surface area contributed by atoms with Gasteiger partial charge in [0.15, 0.2) is 11.5 Å². The van der Waals surface area contributed by atoms with Crippen LogP contribution in [0.2, 0.25) is 0 Å². The van der Waals surface area contributed by atoms with Gasteiger partial charge in [0.2, 0.25) is 0 Å². The number of benzene rings is 3. The van der Waals surface area contributed by atoms with Crippen LogP contribution in [0.3, 0.4) is 0 Å². The van der Waals surface area contributed by atoms with E-state index in [-0.39, 0.29) is 42.5 Å². The van der Waals surface area contributed by atoms with Crippen LogP contribution in [0.4, 0.5) is 5.69 Å². The van der Waals surface area contributed by atoms with E-state index >= 15 is 0 Å². The fourth-order valence-corrected chi connectivity index (χ4v) is 7.51. The standard InChI is InChI=1S/C29H23N2S.C15H28O2.Ir/c1-17(2)26-16-21(15-20-8-6-7-9-25(20)26)27-29-24(12-13-31-27)19(4)28(32-29)23-11-10-22(30-5)14-18(23)3;1-7-14(5,8-2)12(16)11-13(17)15(6,9-3)10-4;/h6-14,16-17H,1-4H3;11,16H,7-10H2,1-6H3;/q-1;;/b;12-11-;. The number of fused-ring (bicyclic) bond motifs is 2. The molecule has 0 spiro atoms. The van der Waals surface area contributed by atoms with Gasteiger partial charge in [0.05, 0.1) is 6.57 Å². The van der Waals surface area contributed by atoms with E-state index in [2.05, 4.69) is 81.1 Å². The van der Waals surface area contributed by atoms with Gasteiger partial charge in [-0.25, -0.2) is 4.85 Å². The quantitative estimate of drug-likeness (QED) is 0.0864. The molecule has 3 aromatic carbocycles. The molecule has 5 aromatic rings. The van der Waals surface area contributed by atoms with Gasteiger partial charge in [-0.1, -0.05) is 108 Å². The molecule has 1 N–H and O–H groups in total. The molecule has 265 valence electrons. The Kier molecular flexibility index (Phi) is 13.9. The summed E-state index contributed by atoms with van der Waals surface area (Å²) in [5.41, 5.74) is 7.02. The van der Waals surface area contributed by atoms with Crippen molar-refractivity contribution in [2.45, 2.75) is 101 Å². The molecular weight excluding hydrogens is 813 g/mol. The fourth-order valence-electron chi connectivity index (χ4n) is 6.12. The van der Waals surface area contributed by atoms with Crippen LogP contribution < -0.4 is 0 Å². The number of hydrogen-bond acceptors (Lipinski definition) is 4. The molecule has 0 amide bonds. The third kappa shape index (κ3) is 8.29. The predicted molar refractivity (Wildman–Crippen MR) is 210 cm³/mol. The number of aromatic nitrogens is 1. The summed E-state index contributed by atoms with van der Waals surface area (Å²) >= 11 is 1.79. The zero-order chi connectivity index (χ0) is 36.1. The summed E-state index contributed by atoms with van der Waals surface area (Å²) in [5, 5.41) is 13.8. The first-order chi connectivity index (χ1) is 23.3. The van der Waals surface area contributed by atoms with Gasteiger partial charge in [-0.05, 0) is 68.0 Å². The normalized spacial score (nSPS) is 12.0. The third-order valence-corrected chi connectivity index (χ3v) is 12.1. The number of nitrogens with zero attached hydrogens (tertiary/aromatic N) is 2. The van der Waals surface area contributed by atoms with Gasteiger partial charge in [0, 0.05) is 58.5 Å². The largest absolute Gasteiger partial charge is 0.512 e. The molecular formula is C44H51IrN2O2S-. The Morgan fingerprint density at radius 2 is 1.60 bits per heavy atom. The Balaban J connectivity index is 0.000000323. The van der Waals surface area contributed by atoms with Crippen LogP contribution in [0.5, 0.6) is 0 Å². The van der Waals surface area contributed by atoms with Crippen LogP contribution in [0.25, 0.3) is 47.4 Å². The number of hydrogen-bond donors (Lipinski definition) is 1. The minimum atomic E-state index is -0.337. The van der Waals surface area contributed by atoms with E-state index in [0.29, 0.717) is 11.6 Å². The number of carbonyl (C=O) groups is 1. The van der Waals surface area contributed by atoms with Crippen molar-refractivity contribution in [1.82, 2.24) is 4.98 Å². The Morgan fingerprint density at radius 3 is 2.18 bits per heavy atom. The van der Waals surface area contributed by atoms with Crippen molar-refractivity contribution in [2.75, 3.05) is 0 Å². The minimum absolute atomic E-state index is 0. The van der Waals surface area contributed by atoms with Gasteiger partial charge in [0.1, 0.15) is 5.76 Å². The third-order valence-electron chi connectivity index (χ3n) is 10.7. The van der Waals surface area contributed by atoms with Crippen molar-refractivity contribution in [3.05, 3.63) is 107 Å². The second kappa shape index (κ2) is 17.1. The molecule has 2 heterocycles. The van der Waals surface area contributed by atoms with Crippen LogP contribution in [0.1, 0.15) is 104 Å². The van der Waals surface area contributed by atoms with Crippen molar-refractivity contribution >= 4 is 43.7 Å². The Morgan fingerprint density at radius 1 is 0.960 bits per heavy atom. The van der Waals surface area contributed by atoms with Crippen molar-refractivity contribution in [1.29, 1.82) is 0 Å². The molecule has 0 unspecified atom stereocenters. The van der Waals surface area contributed by atoms with Crippen LogP contribution in [-0.2, 0) is 24.9 Å². The maximum absolute atomic E-state index is 12.2. The molecule has 6 heteroatoms. The molecule has 2 aromatic heterocycles. The van der Waals surface area contributed by atoms with Crippen LogP contribution in [0, 0.1) is 37.3 Å². The minimum Gasteiger partial charge on any atom is -0.512 e. The van der Waals surface area contributed by atoms with Crippen molar-refractivity contribution in [3.63, 3.8) is 0 Å². The molecule has 50 heavy (non-hydrogen) atoms. The van der Waals surface area contributed by atoms with E-state index in [1.165, 1.54) is 43.1 Å². The van der Waals surface area contributed by atoms with Crippen molar-refractivity contribution in [2.24, 2.45) is 10.8 Å². The first-order valence-corrected chi connectivity index (χ1v) is 18.4. The van der Waals surface area contributed by atoms with Gasteiger partial charge in [-0.3, -0.25) is 9.78 Å². The molecule has 0 saturated carbocycles. The molecule has 5 rings (SSSR count). The summed E-state index contributed by atoms with van der Waals surface area (Å²) in [5.74, 6) is 0.699. The number of aryl methyl sites for hydroxylation is 2. The topological polar surface area (TPSA) is 54.5 Å².